The number of likely N-dealkylation sites (tertiary alicyclic amines) is 1. The van der Waals surface area contributed by atoms with Crippen LogP contribution in [0.3, 0.4) is 0 Å². The van der Waals surface area contributed by atoms with Crippen LogP contribution in [-0.4, -0.2) is 52.3 Å². The highest BCUT2D eigenvalue weighted by Crippen LogP contribution is 2.26. The normalized spacial score (nSPS) is 17.6. The van der Waals surface area contributed by atoms with Crippen LogP contribution in [0.15, 0.2) is 18.2 Å². The summed E-state index contributed by atoms with van der Waals surface area (Å²) >= 11 is 0. The van der Waals surface area contributed by atoms with Crippen molar-refractivity contribution in [2.45, 2.75) is 52.6 Å². The zero-order valence-corrected chi connectivity index (χ0v) is 16.9. The van der Waals surface area contributed by atoms with Gasteiger partial charge in [-0.1, -0.05) is 20.8 Å². The van der Waals surface area contributed by atoms with E-state index in [2.05, 4.69) is 10.6 Å². The molecule has 1 aliphatic heterocycles. The Bertz CT molecular complexity index is 834. The second kappa shape index (κ2) is 8.59. The number of carbonyl (C=O) groups excluding carboxylic acids is 3. The molecule has 1 heterocycles. The molecule has 1 aromatic rings. The second-order valence-electron chi connectivity index (χ2n) is 8.18. The predicted octanol–water partition coefficient (Wildman–Crippen LogP) is 2.00. The monoisotopic (exact) mass is 407 g/mol. The lowest BCUT2D eigenvalue weighted by Crippen LogP contribution is -2.56. The summed E-state index contributed by atoms with van der Waals surface area (Å²) < 4.78 is 14.4. The largest absolute Gasteiger partial charge is 0.480 e. The van der Waals surface area contributed by atoms with E-state index in [-0.39, 0.29) is 23.7 Å². The quantitative estimate of drug-likeness (QED) is 0.690. The number of halogens is 1. The number of nitrogens with one attached hydrogen (secondary N) is 2. The topological polar surface area (TPSA) is 116 Å². The summed E-state index contributed by atoms with van der Waals surface area (Å²) in [5.41, 5.74) is -0.806. The smallest absolute Gasteiger partial charge is 0.326 e. The molecule has 158 valence electrons. The highest BCUT2D eigenvalue weighted by atomic mass is 19.1. The lowest BCUT2D eigenvalue weighted by atomic mass is 9.85. The van der Waals surface area contributed by atoms with Crippen molar-refractivity contribution in [3.05, 3.63) is 29.6 Å². The van der Waals surface area contributed by atoms with Gasteiger partial charge in [0, 0.05) is 19.2 Å². The second-order valence-corrected chi connectivity index (χ2v) is 8.18. The molecule has 0 aromatic heterocycles. The van der Waals surface area contributed by atoms with Crippen molar-refractivity contribution in [1.82, 2.24) is 10.2 Å². The third-order valence-corrected chi connectivity index (χ3v) is 4.74. The zero-order chi connectivity index (χ0) is 21.9. The van der Waals surface area contributed by atoms with E-state index in [9.17, 15) is 28.7 Å². The number of carboxylic acid groups (broad SMARTS) is 1. The van der Waals surface area contributed by atoms with E-state index in [4.69, 9.17) is 0 Å². The van der Waals surface area contributed by atoms with E-state index >= 15 is 0 Å². The van der Waals surface area contributed by atoms with Crippen LogP contribution in [0.2, 0.25) is 0 Å². The van der Waals surface area contributed by atoms with E-state index in [0.29, 0.717) is 12.8 Å². The summed E-state index contributed by atoms with van der Waals surface area (Å²) in [6.45, 7) is 6.77. The number of nitrogens with zero attached hydrogens (tertiary/aromatic N) is 1. The van der Waals surface area contributed by atoms with Gasteiger partial charge in [-0.15, -0.1) is 0 Å². The van der Waals surface area contributed by atoms with Crippen LogP contribution in [0.1, 0.15) is 50.9 Å². The van der Waals surface area contributed by atoms with Gasteiger partial charge in [-0.25, -0.2) is 9.18 Å². The van der Waals surface area contributed by atoms with Gasteiger partial charge < -0.3 is 20.6 Å². The maximum absolute atomic E-state index is 14.4. The molecule has 0 radical (unpaired) electrons. The van der Waals surface area contributed by atoms with Crippen molar-refractivity contribution in [2.24, 2.45) is 5.41 Å². The molecule has 0 unspecified atom stereocenters. The maximum Gasteiger partial charge on any atom is 0.326 e. The van der Waals surface area contributed by atoms with Gasteiger partial charge in [0.1, 0.15) is 17.9 Å². The van der Waals surface area contributed by atoms with Gasteiger partial charge in [0.15, 0.2) is 0 Å². The first kappa shape index (κ1) is 22.3. The minimum absolute atomic E-state index is 0.205. The summed E-state index contributed by atoms with van der Waals surface area (Å²) in [4.78, 5) is 49.5. The molecule has 9 heteroatoms. The number of carboxylic acids is 1. The molecule has 2 atom stereocenters. The van der Waals surface area contributed by atoms with Crippen LogP contribution in [0.4, 0.5) is 10.1 Å². The van der Waals surface area contributed by atoms with Gasteiger partial charge in [0.05, 0.1) is 5.56 Å². The van der Waals surface area contributed by atoms with E-state index in [0.717, 1.165) is 6.07 Å². The fraction of sp³-hybridized carbons (Fsp3) is 0.500. The number of benzene rings is 1. The first-order valence-corrected chi connectivity index (χ1v) is 9.33. The average molecular weight is 407 g/mol. The van der Waals surface area contributed by atoms with Crippen molar-refractivity contribution in [2.75, 3.05) is 11.9 Å². The van der Waals surface area contributed by atoms with Crippen LogP contribution in [0, 0.1) is 11.2 Å². The number of aliphatic carboxylic acids is 1. The highest BCUT2D eigenvalue weighted by molar-refractivity contribution is 5.99. The maximum atomic E-state index is 14.4. The Morgan fingerprint density at radius 3 is 2.41 bits per heavy atom. The molecule has 8 nitrogen and oxygen atoms in total. The van der Waals surface area contributed by atoms with Crippen molar-refractivity contribution in [1.29, 1.82) is 0 Å². The van der Waals surface area contributed by atoms with E-state index in [1.54, 1.807) is 20.8 Å². The van der Waals surface area contributed by atoms with Crippen LogP contribution in [-0.2, 0) is 14.4 Å². The summed E-state index contributed by atoms with van der Waals surface area (Å²) in [5, 5.41) is 14.3. The first-order valence-electron chi connectivity index (χ1n) is 9.33. The molecular weight excluding hydrogens is 381 g/mol. The van der Waals surface area contributed by atoms with Gasteiger partial charge in [-0.05, 0) is 36.5 Å². The molecule has 3 amide bonds. The lowest BCUT2D eigenvalue weighted by molar-refractivity contribution is -0.150. The van der Waals surface area contributed by atoms with Crippen LogP contribution < -0.4 is 10.6 Å². The lowest BCUT2D eigenvalue weighted by Gasteiger charge is -2.34. The number of rotatable bonds is 5. The van der Waals surface area contributed by atoms with Gasteiger partial charge in [0.2, 0.25) is 11.8 Å². The zero-order valence-electron chi connectivity index (χ0n) is 16.9. The molecule has 0 saturated carbocycles. The molecule has 0 bridgehead atoms. The van der Waals surface area contributed by atoms with Gasteiger partial charge >= 0.3 is 5.97 Å². The van der Waals surface area contributed by atoms with Crippen molar-refractivity contribution in [3.63, 3.8) is 0 Å². The van der Waals surface area contributed by atoms with Crippen LogP contribution >= 0.6 is 0 Å². The summed E-state index contributed by atoms with van der Waals surface area (Å²) in [5.74, 6) is -3.62. The minimum Gasteiger partial charge on any atom is -0.480 e. The minimum atomic E-state index is -1.09. The number of amides is 3. The fourth-order valence-corrected chi connectivity index (χ4v) is 3.29. The number of hydrogen-bond donors (Lipinski definition) is 3. The third kappa shape index (κ3) is 5.30. The van der Waals surface area contributed by atoms with E-state index < -0.39 is 41.1 Å². The van der Waals surface area contributed by atoms with Crippen molar-refractivity contribution < 1.29 is 28.7 Å². The predicted molar refractivity (Wildman–Crippen MR) is 104 cm³/mol. The third-order valence-electron chi connectivity index (χ3n) is 4.74. The molecule has 1 saturated heterocycles. The Labute approximate surface area is 168 Å². The number of hydrogen-bond acceptors (Lipinski definition) is 4. The molecule has 0 spiro atoms. The molecule has 2 rings (SSSR count). The number of anilines is 1. The van der Waals surface area contributed by atoms with Crippen LogP contribution in [0.25, 0.3) is 0 Å². The van der Waals surface area contributed by atoms with Gasteiger partial charge in [-0.2, -0.15) is 0 Å². The van der Waals surface area contributed by atoms with Crippen LogP contribution in [0.5, 0.6) is 0 Å². The van der Waals surface area contributed by atoms with E-state index in [1.807, 2.05) is 0 Å². The Balaban J connectivity index is 2.24. The van der Waals surface area contributed by atoms with E-state index in [1.165, 1.54) is 24.0 Å². The Morgan fingerprint density at radius 1 is 1.24 bits per heavy atom. The molecule has 1 fully saturated rings. The molecule has 0 aliphatic carbocycles. The first-order chi connectivity index (χ1) is 13.4. The fourth-order valence-electron chi connectivity index (χ4n) is 3.29. The summed E-state index contributed by atoms with van der Waals surface area (Å²) in [7, 11) is 0. The number of carbonyl (C=O) groups is 4. The molecule has 29 heavy (non-hydrogen) atoms. The van der Waals surface area contributed by atoms with Crippen molar-refractivity contribution in [3.8, 4) is 0 Å². The Kier molecular flexibility index (Phi) is 6.61. The Morgan fingerprint density at radius 2 is 1.90 bits per heavy atom. The highest BCUT2D eigenvalue weighted by Gasteiger charge is 2.42. The standard InChI is InChI=1S/C20H26FN3O5/c1-11(25)22-12-7-8-13(14(21)10-12)17(26)23-16(20(2,3)4)18(27)24-9-5-6-15(24)19(28)29/h7-8,10,15-16H,5-6,9H2,1-4H3,(H,22,25)(H,23,26)(H,28,29)/t15-,16+/m0/s1. The molecule has 3 N–H and O–H groups in total. The summed E-state index contributed by atoms with van der Waals surface area (Å²) in [6, 6.07) is 1.65. The Hall–Kier alpha value is -2.97. The van der Waals surface area contributed by atoms with Gasteiger partial charge in [0.25, 0.3) is 5.91 Å². The average Bonchev–Trinajstić information content (AvgIpc) is 3.07. The van der Waals surface area contributed by atoms with Gasteiger partial charge in [-0.3, -0.25) is 14.4 Å². The molecule has 1 aliphatic rings. The van der Waals surface area contributed by atoms with Crippen molar-refractivity contribution >= 4 is 29.4 Å². The SMILES string of the molecule is CC(=O)Nc1ccc(C(=O)N[C@H](C(=O)N2CCC[C@H]2C(=O)O)C(C)(C)C)c(F)c1. The molecule has 1 aromatic carbocycles. The molecular formula is C20H26FN3O5. The summed E-state index contributed by atoms with van der Waals surface area (Å²) in [6.07, 6.45) is 0.915.